The summed E-state index contributed by atoms with van der Waals surface area (Å²) in [7, 11) is 1.36. The molecule has 0 saturated carbocycles. The third-order valence-electron chi connectivity index (χ3n) is 3.83. The minimum absolute atomic E-state index is 0.212. The lowest BCUT2D eigenvalue weighted by atomic mass is 10.1. The average Bonchev–Trinajstić information content (AvgIpc) is 2.59. The Hall–Kier alpha value is -3.27. The first-order valence-electron chi connectivity index (χ1n) is 7.27. The quantitative estimate of drug-likeness (QED) is 0.625. The molecule has 140 valence electrons. The zero-order chi connectivity index (χ0) is 20.0. The highest BCUT2D eigenvalue weighted by Crippen LogP contribution is 2.34. The Morgan fingerprint density at radius 1 is 1.26 bits per heavy atom. The van der Waals surface area contributed by atoms with E-state index in [9.17, 15) is 27.9 Å². The van der Waals surface area contributed by atoms with Crippen LogP contribution in [0.2, 0.25) is 5.02 Å². The summed E-state index contributed by atoms with van der Waals surface area (Å²) >= 11 is 6.16. The molecule has 1 aromatic carbocycles. The second-order valence-electron chi connectivity index (χ2n) is 5.40. The fourth-order valence-electron chi connectivity index (χ4n) is 2.60. The first-order valence-corrected chi connectivity index (χ1v) is 7.65. The van der Waals surface area contributed by atoms with E-state index in [1.54, 1.807) is 0 Å². The molecule has 0 saturated heterocycles. The number of nitrogens with one attached hydrogen (secondary N) is 1. The molecule has 0 bridgehead atoms. The van der Waals surface area contributed by atoms with Gasteiger partial charge in [0.15, 0.2) is 23.3 Å². The van der Waals surface area contributed by atoms with Gasteiger partial charge in [-0.05, 0) is 6.07 Å². The third kappa shape index (κ3) is 2.83. The fraction of sp³-hybridized carbons (Fsp3) is 0.0625. The number of rotatable bonds is 3. The van der Waals surface area contributed by atoms with Gasteiger partial charge < -0.3 is 16.2 Å². The first kappa shape index (κ1) is 18.5. The number of pyridine rings is 2. The van der Waals surface area contributed by atoms with E-state index in [0.717, 1.165) is 16.8 Å². The fourth-order valence-corrected chi connectivity index (χ4v) is 2.98. The highest BCUT2D eigenvalue weighted by Gasteiger charge is 2.23. The summed E-state index contributed by atoms with van der Waals surface area (Å²) in [6.07, 6.45) is 0.763. The van der Waals surface area contributed by atoms with Crippen LogP contribution >= 0.6 is 11.6 Å². The molecule has 27 heavy (non-hydrogen) atoms. The Balaban J connectivity index is 2.59. The lowest BCUT2D eigenvalue weighted by Gasteiger charge is -2.16. The van der Waals surface area contributed by atoms with Crippen molar-refractivity contribution in [2.75, 3.05) is 18.1 Å². The Bertz CT molecular complexity index is 1180. The number of carboxylic acid groups (broad SMARTS) is 1. The molecule has 0 spiro atoms. The van der Waals surface area contributed by atoms with Crippen molar-refractivity contribution in [3.63, 3.8) is 0 Å². The van der Waals surface area contributed by atoms with E-state index in [2.05, 4.69) is 10.3 Å². The minimum Gasteiger partial charge on any atom is -0.477 e. The molecule has 2 heterocycles. The van der Waals surface area contributed by atoms with Gasteiger partial charge in [0.05, 0.1) is 21.6 Å². The number of nitrogens with two attached hydrogens (primary N) is 1. The zero-order valence-electron chi connectivity index (χ0n) is 13.5. The van der Waals surface area contributed by atoms with E-state index in [1.165, 1.54) is 7.05 Å². The maximum Gasteiger partial charge on any atom is 0.341 e. The van der Waals surface area contributed by atoms with E-state index in [-0.39, 0.29) is 16.2 Å². The molecule has 11 heteroatoms. The van der Waals surface area contributed by atoms with Crippen molar-refractivity contribution in [2.24, 2.45) is 0 Å². The van der Waals surface area contributed by atoms with Crippen LogP contribution < -0.4 is 16.5 Å². The molecule has 7 nitrogen and oxygen atoms in total. The zero-order valence-corrected chi connectivity index (χ0v) is 14.2. The lowest BCUT2D eigenvalue weighted by Crippen LogP contribution is -2.20. The number of nitrogen functional groups attached to an aromatic ring is 1. The topological polar surface area (TPSA) is 110 Å². The molecule has 3 rings (SSSR count). The van der Waals surface area contributed by atoms with Gasteiger partial charge >= 0.3 is 5.97 Å². The van der Waals surface area contributed by atoms with Crippen molar-refractivity contribution in [2.45, 2.75) is 0 Å². The number of hydrogen-bond acceptors (Lipinski definition) is 5. The van der Waals surface area contributed by atoms with E-state index < -0.39 is 51.4 Å². The van der Waals surface area contributed by atoms with E-state index >= 15 is 0 Å². The van der Waals surface area contributed by atoms with Gasteiger partial charge in [-0.1, -0.05) is 11.6 Å². The Morgan fingerprint density at radius 3 is 2.52 bits per heavy atom. The largest absolute Gasteiger partial charge is 0.477 e. The van der Waals surface area contributed by atoms with Crippen LogP contribution in [0.5, 0.6) is 0 Å². The molecule has 0 fully saturated rings. The Labute approximate surface area is 153 Å². The van der Waals surface area contributed by atoms with Crippen LogP contribution in [0.3, 0.4) is 0 Å². The summed E-state index contributed by atoms with van der Waals surface area (Å²) < 4.78 is 42.8. The second kappa shape index (κ2) is 6.47. The maximum absolute atomic E-state index is 14.3. The highest BCUT2D eigenvalue weighted by atomic mass is 35.5. The Kier molecular flexibility index (Phi) is 4.44. The van der Waals surface area contributed by atoms with Gasteiger partial charge in [0.2, 0.25) is 5.43 Å². The molecule has 0 aliphatic carbocycles. The monoisotopic (exact) mass is 398 g/mol. The smallest absolute Gasteiger partial charge is 0.341 e. The second-order valence-corrected chi connectivity index (χ2v) is 5.78. The summed E-state index contributed by atoms with van der Waals surface area (Å²) in [6.45, 7) is 0. The number of fused-ring (bicyclic) bond motifs is 1. The van der Waals surface area contributed by atoms with E-state index in [4.69, 9.17) is 17.3 Å². The number of aromatic nitrogens is 2. The molecular weight excluding hydrogens is 389 g/mol. The van der Waals surface area contributed by atoms with Crippen molar-refractivity contribution < 1.29 is 23.1 Å². The van der Waals surface area contributed by atoms with Crippen molar-refractivity contribution in [3.05, 3.63) is 56.6 Å². The van der Waals surface area contributed by atoms with Crippen molar-refractivity contribution >= 4 is 40.0 Å². The van der Waals surface area contributed by atoms with Gasteiger partial charge in [-0.15, -0.1) is 0 Å². The van der Waals surface area contributed by atoms with Gasteiger partial charge in [-0.2, -0.15) is 0 Å². The molecule has 0 radical (unpaired) electrons. The summed E-state index contributed by atoms with van der Waals surface area (Å²) in [5, 5.41) is 11.0. The first-order chi connectivity index (χ1) is 12.7. The predicted octanol–water partition coefficient (Wildman–Crippen LogP) is 2.78. The number of carboxylic acids is 1. The number of aromatic carboxylic acids is 1. The van der Waals surface area contributed by atoms with Crippen LogP contribution in [0.4, 0.5) is 24.7 Å². The van der Waals surface area contributed by atoms with Crippen LogP contribution in [0.1, 0.15) is 10.4 Å². The van der Waals surface area contributed by atoms with Gasteiger partial charge in [-0.3, -0.25) is 9.36 Å². The van der Waals surface area contributed by atoms with Gasteiger partial charge in [0.1, 0.15) is 11.4 Å². The van der Waals surface area contributed by atoms with Crippen molar-refractivity contribution in [1.82, 2.24) is 9.55 Å². The molecule has 0 atom stereocenters. The van der Waals surface area contributed by atoms with Gasteiger partial charge in [-0.25, -0.2) is 22.9 Å². The molecule has 3 aromatic rings. The van der Waals surface area contributed by atoms with E-state index in [1.807, 2.05) is 0 Å². The Morgan fingerprint density at radius 2 is 1.93 bits per heavy atom. The molecule has 0 aliphatic rings. The molecule has 4 N–H and O–H groups in total. The summed E-state index contributed by atoms with van der Waals surface area (Å²) in [4.78, 5) is 27.4. The lowest BCUT2D eigenvalue weighted by molar-refractivity contribution is 0.0695. The van der Waals surface area contributed by atoms with Crippen LogP contribution in [0.25, 0.3) is 16.7 Å². The molecular formula is C16H10ClF3N4O3. The highest BCUT2D eigenvalue weighted by molar-refractivity contribution is 6.38. The van der Waals surface area contributed by atoms with Crippen LogP contribution in [-0.2, 0) is 0 Å². The normalized spacial score (nSPS) is 11.0. The SMILES string of the molecule is CNc1c(F)cc2c(=O)c(C(=O)O)cn(-c3nc(N)c(F)cc3F)c2c1Cl. The predicted molar refractivity (Wildman–Crippen MR) is 93.1 cm³/mol. The standard InChI is InChI=1S/C16H10ClF3N4O3/c1-22-11-7(18)2-5-12(10(11)17)24(4-6(13(5)25)16(26)27)15-9(20)3-8(19)14(21)23-15/h2-4,22H,1H3,(H2,21,23)(H,26,27). The minimum atomic E-state index is -1.64. The van der Waals surface area contributed by atoms with E-state index in [0.29, 0.717) is 6.07 Å². The number of nitrogens with zero attached hydrogens (tertiary/aromatic N) is 2. The van der Waals surface area contributed by atoms with Gasteiger partial charge in [0.25, 0.3) is 0 Å². The van der Waals surface area contributed by atoms with Crippen LogP contribution in [-0.4, -0.2) is 27.7 Å². The third-order valence-corrected chi connectivity index (χ3v) is 4.20. The molecule has 0 unspecified atom stereocenters. The summed E-state index contributed by atoms with van der Waals surface area (Å²) in [5.74, 6) is -6.17. The van der Waals surface area contributed by atoms with Crippen molar-refractivity contribution in [3.8, 4) is 5.82 Å². The van der Waals surface area contributed by atoms with Crippen molar-refractivity contribution in [1.29, 1.82) is 0 Å². The van der Waals surface area contributed by atoms with Crippen LogP contribution in [0.15, 0.2) is 23.1 Å². The number of halogens is 4. The van der Waals surface area contributed by atoms with Gasteiger partial charge in [0, 0.05) is 19.3 Å². The molecule has 2 aromatic heterocycles. The number of carbonyl (C=O) groups is 1. The van der Waals surface area contributed by atoms with Crippen LogP contribution in [0, 0.1) is 17.5 Å². The maximum atomic E-state index is 14.3. The summed E-state index contributed by atoms with van der Waals surface area (Å²) in [5.41, 5.74) is 3.10. The molecule has 0 aliphatic heterocycles. The number of benzene rings is 1. The average molecular weight is 399 g/mol. The number of hydrogen-bond donors (Lipinski definition) is 3. The number of anilines is 2. The summed E-state index contributed by atoms with van der Waals surface area (Å²) in [6, 6.07) is 1.21. The molecule has 0 amide bonds.